The fourth-order valence-electron chi connectivity index (χ4n) is 13.2. The molecular weight excluding hydrogens is 1270 g/mol. The van der Waals surface area contributed by atoms with Gasteiger partial charge < -0.3 is 99.7 Å². The lowest BCUT2D eigenvalue weighted by atomic mass is 9.98. The molecule has 6 heterocycles. The van der Waals surface area contributed by atoms with Crippen LogP contribution in [0.4, 0.5) is 28.3 Å². The maximum absolute atomic E-state index is 14.2. The van der Waals surface area contributed by atoms with Gasteiger partial charge in [-0.05, 0) is 96.5 Å². The van der Waals surface area contributed by atoms with E-state index in [2.05, 4.69) is 31.9 Å². The van der Waals surface area contributed by atoms with Crippen LogP contribution in [0.2, 0.25) is 0 Å². The van der Waals surface area contributed by atoms with Gasteiger partial charge in [-0.2, -0.15) is 19.9 Å². The number of fused-ring (bicyclic) bond motifs is 2. The molecule has 4 aromatic carbocycles. The number of esters is 2. The van der Waals surface area contributed by atoms with E-state index in [9.17, 15) is 44.4 Å². The van der Waals surface area contributed by atoms with E-state index in [-0.39, 0.29) is 36.8 Å². The van der Waals surface area contributed by atoms with Gasteiger partial charge in [-0.1, -0.05) is 48.5 Å². The predicted molar refractivity (Wildman–Crippen MR) is 355 cm³/mol. The molecule has 4 aromatic heterocycles. The lowest BCUT2D eigenvalue weighted by Gasteiger charge is -2.24. The highest BCUT2D eigenvalue weighted by molar-refractivity contribution is 5.87. The van der Waals surface area contributed by atoms with Gasteiger partial charge in [-0.25, -0.2) is 14.8 Å². The van der Waals surface area contributed by atoms with Crippen LogP contribution < -0.4 is 60.6 Å². The smallest absolute Gasteiger partial charge is 0.315 e. The molecule has 2 saturated carbocycles. The van der Waals surface area contributed by atoms with Crippen LogP contribution in [-0.4, -0.2) is 206 Å². The Balaban J connectivity index is 0.797. The monoisotopic (exact) mass is 1350 g/mol. The number of nitrogens with one attached hydrogen (secondary N) is 6. The summed E-state index contributed by atoms with van der Waals surface area (Å²) in [6.45, 7) is 2.68. The third kappa shape index (κ3) is 14.7. The number of hydrogen-bond acceptors (Lipinski definition) is 25. The van der Waals surface area contributed by atoms with Crippen molar-refractivity contribution < 1.29 is 72.8 Å². The van der Waals surface area contributed by atoms with Gasteiger partial charge in [-0.3, -0.25) is 19.2 Å². The zero-order chi connectivity index (χ0) is 68.9. The first-order valence-corrected chi connectivity index (χ1v) is 32.1. The van der Waals surface area contributed by atoms with Crippen molar-refractivity contribution in [3.8, 4) is 23.0 Å². The minimum absolute atomic E-state index is 0.0679. The second-order valence-corrected chi connectivity index (χ2v) is 24.6. The summed E-state index contributed by atoms with van der Waals surface area (Å²) in [5, 5.41) is 64.8. The maximum atomic E-state index is 14.2. The van der Waals surface area contributed by atoms with Gasteiger partial charge in [0.15, 0.2) is 47.2 Å². The number of imidazole rings is 2. The standard InChI is InChI=1S/C67H78N16O15/c1-35(84)97-31-51(86)72-47-27-49(59(90)57(47)88)82-33-68-55-61(74-53(37-7-15-43(93-3)16-8-37)38-9-17-44(94-4)18-10-38)76-65(78-63(55)82)80-25-23-41(29-80)70-67(92)71-42-24-26-81(30-42)66-77-62(75-54(39-11-19-45(95-5)20-12-39)40-13-21-46(96-6)22-14-40)56-64(79-66)83(34-69-56)50-28-48(58(89)60(50)91)73-52(87)32-98-36(2)85/h7-22,33-34,41-42,47-50,53-54,57-60,88-91H,23-32H2,1-6H3,(H,72,86)(H,73,87)(H2,70,71,92)(H,74,76,78)(H,75,77,79)/t41-,42?,47+,48?,49+,50?,57?,58?,59+,60?/m0/s1. The lowest BCUT2D eigenvalue weighted by molar-refractivity contribution is -0.147. The minimum Gasteiger partial charge on any atom is -0.497 e. The van der Waals surface area contributed by atoms with Crippen LogP contribution in [0.25, 0.3) is 22.3 Å². The number of aromatic nitrogens is 8. The fraction of sp³-hybridized carbons (Fsp3) is 0.418. The number of carbonyl (C=O) groups is 5. The second kappa shape index (κ2) is 29.4. The van der Waals surface area contributed by atoms with Crippen molar-refractivity contribution in [2.24, 2.45) is 0 Å². The highest BCUT2D eigenvalue weighted by Crippen LogP contribution is 2.40. The maximum Gasteiger partial charge on any atom is 0.315 e. The summed E-state index contributed by atoms with van der Waals surface area (Å²) < 4.78 is 35.1. The fourth-order valence-corrected chi connectivity index (χ4v) is 13.2. The number of nitrogens with zero attached hydrogens (tertiary/aromatic N) is 10. The van der Waals surface area contributed by atoms with Crippen LogP contribution in [0.3, 0.4) is 0 Å². The Morgan fingerprint density at radius 1 is 0.480 bits per heavy atom. The molecular formula is C67H78N16O15. The number of aliphatic hydroxyl groups is 4. The van der Waals surface area contributed by atoms with Crippen LogP contribution in [0, 0.1) is 0 Å². The molecule has 516 valence electrons. The van der Waals surface area contributed by atoms with E-state index in [1.165, 1.54) is 26.5 Å². The summed E-state index contributed by atoms with van der Waals surface area (Å²) in [6.07, 6.45) is -1.37. The van der Waals surface area contributed by atoms with Crippen LogP contribution in [0.5, 0.6) is 23.0 Å². The summed E-state index contributed by atoms with van der Waals surface area (Å²) in [7, 11) is 6.37. The van der Waals surface area contributed by atoms with Crippen molar-refractivity contribution in [2.75, 3.05) is 88.3 Å². The number of hydrogen-bond donors (Lipinski definition) is 10. The molecule has 10 atom stereocenters. The average molecular weight is 1350 g/mol. The van der Waals surface area contributed by atoms with E-state index >= 15 is 0 Å². The summed E-state index contributed by atoms with van der Waals surface area (Å²) in [4.78, 5) is 96.7. The topological polar surface area (TPSA) is 388 Å². The molecule has 31 nitrogen and oxygen atoms in total. The molecule has 2 aliphatic carbocycles. The number of ether oxygens (including phenoxy) is 6. The molecule has 12 rings (SSSR count). The Morgan fingerprint density at radius 3 is 1.13 bits per heavy atom. The molecule has 4 aliphatic rings. The van der Waals surface area contributed by atoms with Gasteiger partial charge in [0.25, 0.3) is 11.8 Å². The molecule has 8 aromatic rings. The Hall–Kier alpha value is -10.6. The highest BCUT2D eigenvalue weighted by atomic mass is 16.5. The number of rotatable bonds is 24. The Kier molecular flexibility index (Phi) is 20.2. The highest BCUT2D eigenvalue weighted by Gasteiger charge is 2.46. The first kappa shape index (κ1) is 67.4. The van der Waals surface area contributed by atoms with E-state index in [4.69, 9.17) is 58.3 Å². The number of anilines is 4. The third-order valence-electron chi connectivity index (χ3n) is 18.3. The first-order chi connectivity index (χ1) is 47.3. The minimum atomic E-state index is -1.40. The summed E-state index contributed by atoms with van der Waals surface area (Å²) in [6, 6.07) is 24.7. The number of aliphatic hydroxyl groups excluding tert-OH is 4. The Morgan fingerprint density at radius 2 is 0.816 bits per heavy atom. The van der Waals surface area contributed by atoms with Gasteiger partial charge >= 0.3 is 18.0 Å². The molecule has 2 saturated heterocycles. The second-order valence-electron chi connectivity index (χ2n) is 24.6. The quantitative estimate of drug-likeness (QED) is 0.0389. The molecule has 6 unspecified atom stereocenters. The molecule has 98 heavy (non-hydrogen) atoms. The van der Waals surface area contributed by atoms with E-state index in [0.29, 0.717) is 96.0 Å². The Bertz CT molecular complexity index is 3810. The van der Waals surface area contributed by atoms with Crippen molar-refractivity contribution in [2.45, 2.75) is 112 Å². The molecule has 4 amide bonds. The zero-order valence-electron chi connectivity index (χ0n) is 54.6. The zero-order valence-corrected chi connectivity index (χ0v) is 54.6. The molecule has 31 heteroatoms. The number of methoxy groups -OCH3 is 4. The van der Waals surface area contributed by atoms with Crippen molar-refractivity contribution in [1.29, 1.82) is 0 Å². The average Bonchev–Trinajstić information content (AvgIpc) is 1.59. The predicted octanol–water partition coefficient (Wildman–Crippen LogP) is 2.99. The van der Waals surface area contributed by atoms with Crippen molar-refractivity contribution in [3.63, 3.8) is 0 Å². The molecule has 0 bridgehead atoms. The van der Waals surface area contributed by atoms with Gasteiger partial charge in [0.2, 0.25) is 11.9 Å². The number of amides is 4. The third-order valence-corrected chi connectivity index (χ3v) is 18.3. The molecule has 0 spiro atoms. The van der Waals surface area contributed by atoms with Crippen LogP contribution in [-0.2, 0) is 28.7 Å². The normalized spacial score (nSPS) is 22.1. The SMILES string of the molecule is COc1ccc(C(Nc2nc(N3CCC(NC(=O)N[C@H]4CCN(c5nc(NC(c6ccc(OC)cc6)c6ccc(OC)cc6)c6ncn([C@@H]7C[C@@H](NC(=O)COC(C)=O)C(O)[C@@H]7O)c6n5)C4)C3)nc3c2ncn3C2CC(NC(=O)COC(C)=O)C(O)C2O)c2ccc(OC)cc2)cc1. The van der Waals surface area contributed by atoms with Gasteiger partial charge in [0.1, 0.15) is 47.4 Å². The summed E-state index contributed by atoms with van der Waals surface area (Å²) >= 11 is 0. The van der Waals surface area contributed by atoms with Gasteiger partial charge in [0, 0.05) is 52.1 Å². The summed E-state index contributed by atoms with van der Waals surface area (Å²) in [5.74, 6) is 1.30. The van der Waals surface area contributed by atoms with Crippen molar-refractivity contribution in [1.82, 2.24) is 60.3 Å². The number of urea groups is 1. The van der Waals surface area contributed by atoms with Gasteiger partial charge in [-0.15, -0.1) is 0 Å². The van der Waals surface area contributed by atoms with Crippen LogP contribution in [0.1, 0.15) is 86.0 Å². The van der Waals surface area contributed by atoms with E-state index in [1.807, 2.05) is 107 Å². The van der Waals surface area contributed by atoms with Crippen molar-refractivity contribution >= 4 is 75.6 Å². The van der Waals surface area contributed by atoms with E-state index in [0.717, 1.165) is 22.3 Å². The molecule has 10 N–H and O–H groups in total. The number of benzene rings is 4. The molecule has 0 radical (unpaired) electrons. The first-order valence-electron chi connectivity index (χ1n) is 32.1. The van der Waals surface area contributed by atoms with Crippen LogP contribution in [0.15, 0.2) is 110 Å². The molecule has 4 fully saturated rings. The van der Waals surface area contributed by atoms with E-state index in [1.54, 1.807) is 37.6 Å². The number of carbonyl (C=O) groups excluding carboxylic acids is 5. The van der Waals surface area contributed by atoms with Crippen LogP contribution >= 0.6 is 0 Å². The van der Waals surface area contributed by atoms with Gasteiger partial charge in [0.05, 0.1) is 77.3 Å². The van der Waals surface area contributed by atoms with Crippen molar-refractivity contribution in [3.05, 3.63) is 132 Å². The Labute approximate surface area is 562 Å². The molecule has 2 aliphatic heterocycles. The van der Waals surface area contributed by atoms with E-state index < -0.39 is 104 Å². The lowest BCUT2D eigenvalue weighted by Crippen LogP contribution is -2.48. The summed E-state index contributed by atoms with van der Waals surface area (Å²) in [5.41, 5.74) is 4.76. The largest absolute Gasteiger partial charge is 0.497 e.